The Morgan fingerprint density at radius 2 is 2.17 bits per heavy atom. The maximum absolute atomic E-state index is 3.24. The molecule has 0 saturated heterocycles. The third-order valence-electron chi connectivity index (χ3n) is 1.91. The molecule has 0 bridgehead atoms. The fraction of sp³-hybridized carbons (Fsp3) is 0.400. The van der Waals surface area contributed by atoms with Crippen molar-refractivity contribution in [1.82, 2.24) is 0 Å². The number of aryl methyl sites for hydroxylation is 1. The molecule has 0 aromatic heterocycles. The summed E-state index contributed by atoms with van der Waals surface area (Å²) in [5.74, 6) is 1.08. The summed E-state index contributed by atoms with van der Waals surface area (Å²) >= 11 is 1.85. The second-order valence-electron chi connectivity index (χ2n) is 2.79. The fourth-order valence-corrected chi connectivity index (χ4v) is 1.91. The zero-order valence-corrected chi connectivity index (χ0v) is 8.66. The minimum Gasteiger partial charge on any atom is -0.388 e. The summed E-state index contributed by atoms with van der Waals surface area (Å²) in [6.07, 6.45) is 2.13. The number of para-hydroxylation sites is 1. The first-order valence-corrected chi connectivity index (χ1v) is 5.44. The van der Waals surface area contributed by atoms with Crippen LogP contribution in [0.15, 0.2) is 18.2 Å². The van der Waals surface area contributed by atoms with Gasteiger partial charge in [0.2, 0.25) is 0 Å². The molecule has 1 nitrogen and oxygen atoms in total. The van der Waals surface area contributed by atoms with Crippen molar-refractivity contribution in [2.45, 2.75) is 12.7 Å². The molecule has 0 saturated carbocycles. The topological polar surface area (TPSA) is 12.0 Å². The average Bonchev–Trinajstić information content (AvgIpc) is 2.05. The van der Waals surface area contributed by atoms with E-state index in [0.717, 1.165) is 5.75 Å². The molecule has 0 aliphatic rings. The zero-order valence-electron chi connectivity index (χ0n) is 7.85. The Morgan fingerprint density at radius 1 is 1.42 bits per heavy atom. The Morgan fingerprint density at radius 3 is 2.75 bits per heavy atom. The van der Waals surface area contributed by atoms with E-state index in [1.54, 1.807) is 0 Å². The second kappa shape index (κ2) is 4.41. The minimum atomic E-state index is 1.08. The molecule has 0 amide bonds. The van der Waals surface area contributed by atoms with Gasteiger partial charge >= 0.3 is 0 Å². The molecule has 0 unspecified atom stereocenters. The molecule has 66 valence electrons. The molecule has 1 N–H and O–H groups in total. The van der Waals surface area contributed by atoms with Crippen molar-refractivity contribution in [2.24, 2.45) is 0 Å². The minimum absolute atomic E-state index is 1.08. The van der Waals surface area contributed by atoms with Crippen LogP contribution >= 0.6 is 11.8 Å². The Balaban J connectivity index is 3.00. The van der Waals surface area contributed by atoms with Gasteiger partial charge in [0.15, 0.2) is 0 Å². The molecule has 0 fully saturated rings. The molecule has 0 aliphatic heterocycles. The van der Waals surface area contributed by atoms with E-state index in [9.17, 15) is 0 Å². The monoisotopic (exact) mass is 181 g/mol. The quantitative estimate of drug-likeness (QED) is 0.769. The van der Waals surface area contributed by atoms with Crippen LogP contribution in [-0.4, -0.2) is 13.3 Å². The predicted octanol–water partition coefficient (Wildman–Crippen LogP) is 2.90. The van der Waals surface area contributed by atoms with Gasteiger partial charge in [0.25, 0.3) is 0 Å². The number of hydrogen-bond donors (Lipinski definition) is 1. The van der Waals surface area contributed by atoms with Crippen molar-refractivity contribution >= 4 is 17.4 Å². The van der Waals surface area contributed by atoms with Crippen LogP contribution in [-0.2, 0) is 5.75 Å². The van der Waals surface area contributed by atoms with Crippen LogP contribution in [0.1, 0.15) is 11.1 Å². The van der Waals surface area contributed by atoms with Gasteiger partial charge in [-0.1, -0.05) is 18.2 Å². The zero-order chi connectivity index (χ0) is 8.97. The Kier molecular flexibility index (Phi) is 3.48. The molecule has 1 aromatic carbocycles. The highest BCUT2D eigenvalue weighted by molar-refractivity contribution is 7.97. The number of rotatable bonds is 3. The third-order valence-corrected chi connectivity index (χ3v) is 2.51. The van der Waals surface area contributed by atoms with Gasteiger partial charge in [-0.05, 0) is 24.3 Å². The highest BCUT2D eigenvalue weighted by atomic mass is 32.2. The molecular weight excluding hydrogens is 166 g/mol. The summed E-state index contributed by atoms with van der Waals surface area (Å²) in [5.41, 5.74) is 4.00. The Bertz CT molecular complexity index is 258. The normalized spacial score (nSPS) is 9.92. The molecule has 0 heterocycles. The van der Waals surface area contributed by atoms with Crippen LogP contribution < -0.4 is 5.32 Å². The lowest BCUT2D eigenvalue weighted by atomic mass is 10.1. The van der Waals surface area contributed by atoms with Gasteiger partial charge in [0.05, 0.1) is 0 Å². The van der Waals surface area contributed by atoms with E-state index in [1.165, 1.54) is 16.8 Å². The molecule has 1 rings (SSSR count). The van der Waals surface area contributed by atoms with E-state index in [2.05, 4.69) is 36.7 Å². The first-order chi connectivity index (χ1) is 5.79. The lowest BCUT2D eigenvalue weighted by Crippen LogP contribution is -1.96. The van der Waals surface area contributed by atoms with Gasteiger partial charge < -0.3 is 5.32 Å². The number of benzene rings is 1. The molecule has 0 aliphatic carbocycles. The predicted molar refractivity (Wildman–Crippen MR) is 57.9 cm³/mol. The van der Waals surface area contributed by atoms with Crippen LogP contribution in [0.25, 0.3) is 0 Å². The van der Waals surface area contributed by atoms with E-state index >= 15 is 0 Å². The first kappa shape index (κ1) is 9.46. The second-order valence-corrected chi connectivity index (χ2v) is 3.66. The third kappa shape index (κ3) is 1.95. The lowest BCUT2D eigenvalue weighted by molar-refractivity contribution is 1.32. The van der Waals surface area contributed by atoms with Gasteiger partial charge in [-0.25, -0.2) is 0 Å². The van der Waals surface area contributed by atoms with E-state index in [-0.39, 0.29) is 0 Å². The van der Waals surface area contributed by atoms with E-state index < -0.39 is 0 Å². The van der Waals surface area contributed by atoms with Gasteiger partial charge in [-0.3, -0.25) is 0 Å². The molecule has 2 heteroatoms. The van der Waals surface area contributed by atoms with Crippen LogP contribution in [0.4, 0.5) is 5.69 Å². The van der Waals surface area contributed by atoms with Gasteiger partial charge in [-0.2, -0.15) is 11.8 Å². The maximum atomic E-state index is 3.24. The average molecular weight is 181 g/mol. The Labute approximate surface area is 78.6 Å². The first-order valence-electron chi connectivity index (χ1n) is 4.04. The molecule has 0 spiro atoms. The van der Waals surface area contributed by atoms with Crippen LogP contribution in [0.3, 0.4) is 0 Å². The molecule has 0 radical (unpaired) electrons. The molecule has 1 aromatic rings. The van der Waals surface area contributed by atoms with Crippen molar-refractivity contribution in [2.75, 3.05) is 18.6 Å². The molecule has 12 heavy (non-hydrogen) atoms. The van der Waals surface area contributed by atoms with Crippen molar-refractivity contribution in [3.05, 3.63) is 29.3 Å². The van der Waals surface area contributed by atoms with Crippen molar-refractivity contribution < 1.29 is 0 Å². The molecular formula is C10H15NS. The van der Waals surface area contributed by atoms with Crippen LogP contribution in [0.5, 0.6) is 0 Å². The highest BCUT2D eigenvalue weighted by Gasteiger charge is 2.01. The van der Waals surface area contributed by atoms with E-state index in [4.69, 9.17) is 0 Å². The summed E-state index contributed by atoms with van der Waals surface area (Å²) in [7, 11) is 1.98. The smallest absolute Gasteiger partial charge is 0.0408 e. The Hall–Kier alpha value is -0.630. The van der Waals surface area contributed by atoms with Gasteiger partial charge in [0.1, 0.15) is 0 Å². The number of nitrogens with one attached hydrogen (secondary N) is 1. The largest absolute Gasteiger partial charge is 0.388 e. The number of hydrogen-bond acceptors (Lipinski definition) is 2. The van der Waals surface area contributed by atoms with Crippen LogP contribution in [0, 0.1) is 6.92 Å². The standard InChI is InChI=1S/C10H15NS/c1-8-5-4-6-9(7-12-3)10(8)11-2/h4-6,11H,7H2,1-3H3. The number of thioether (sulfide) groups is 1. The van der Waals surface area contributed by atoms with E-state index in [0.29, 0.717) is 0 Å². The van der Waals surface area contributed by atoms with Crippen LogP contribution in [0.2, 0.25) is 0 Å². The van der Waals surface area contributed by atoms with Crippen molar-refractivity contribution in [1.29, 1.82) is 0 Å². The number of anilines is 1. The summed E-state index contributed by atoms with van der Waals surface area (Å²) in [6.45, 7) is 2.13. The summed E-state index contributed by atoms with van der Waals surface area (Å²) in [6, 6.07) is 6.42. The highest BCUT2D eigenvalue weighted by Crippen LogP contribution is 2.22. The van der Waals surface area contributed by atoms with Crippen molar-refractivity contribution in [3.8, 4) is 0 Å². The fourth-order valence-electron chi connectivity index (χ4n) is 1.36. The summed E-state index contributed by atoms with van der Waals surface area (Å²) in [4.78, 5) is 0. The van der Waals surface area contributed by atoms with E-state index in [1.807, 2.05) is 18.8 Å². The SMILES string of the molecule is CNc1c(C)cccc1CSC. The van der Waals surface area contributed by atoms with Gasteiger partial charge in [-0.15, -0.1) is 0 Å². The lowest BCUT2D eigenvalue weighted by Gasteiger charge is -2.10. The van der Waals surface area contributed by atoms with Gasteiger partial charge in [0, 0.05) is 18.5 Å². The summed E-state index contributed by atoms with van der Waals surface area (Å²) < 4.78 is 0. The maximum Gasteiger partial charge on any atom is 0.0408 e. The molecule has 0 atom stereocenters. The van der Waals surface area contributed by atoms with Crippen molar-refractivity contribution in [3.63, 3.8) is 0 Å². The summed E-state index contributed by atoms with van der Waals surface area (Å²) in [5, 5.41) is 3.24.